The summed E-state index contributed by atoms with van der Waals surface area (Å²) in [5, 5.41) is 0. The first kappa shape index (κ1) is 17.5. The molecule has 2 aromatic carbocycles. The van der Waals surface area contributed by atoms with Crippen LogP contribution >= 0.6 is 0 Å². The van der Waals surface area contributed by atoms with Crippen LogP contribution in [0.2, 0.25) is 0 Å². The Labute approximate surface area is 150 Å². The first-order valence-corrected chi connectivity index (χ1v) is 9.40. The van der Waals surface area contributed by atoms with Crippen molar-refractivity contribution in [1.82, 2.24) is 4.90 Å². The first-order chi connectivity index (χ1) is 12.3. The summed E-state index contributed by atoms with van der Waals surface area (Å²) in [6, 6.07) is 15.8. The maximum absolute atomic E-state index is 13.5. The molecule has 1 heterocycles. The molecule has 2 aromatic rings. The average molecular weight is 337 g/mol. The van der Waals surface area contributed by atoms with Crippen LogP contribution in [0.4, 0.5) is 0 Å². The summed E-state index contributed by atoms with van der Waals surface area (Å²) in [7, 11) is 0. The number of para-hydroxylation sites is 2. The number of nitrogens with zero attached hydrogens (tertiary/aromatic N) is 1. The van der Waals surface area contributed by atoms with Gasteiger partial charge in [0.25, 0.3) is 0 Å². The molecule has 3 nitrogen and oxygen atoms in total. The van der Waals surface area contributed by atoms with Crippen molar-refractivity contribution < 1.29 is 9.53 Å². The van der Waals surface area contributed by atoms with Crippen LogP contribution in [0.25, 0.3) is 0 Å². The minimum atomic E-state index is -0.269. The van der Waals surface area contributed by atoms with Gasteiger partial charge >= 0.3 is 0 Å². The van der Waals surface area contributed by atoms with Gasteiger partial charge in [-0.3, -0.25) is 4.79 Å². The van der Waals surface area contributed by atoms with E-state index in [1.807, 2.05) is 48.5 Å². The number of amides is 1. The molecule has 0 atom stereocenters. The maximum Gasteiger partial charge on any atom is 0.234 e. The van der Waals surface area contributed by atoms with Crippen molar-refractivity contribution in [3.8, 4) is 11.5 Å². The number of hydrogen-bond donors (Lipinski definition) is 0. The van der Waals surface area contributed by atoms with Gasteiger partial charge in [0.05, 0.1) is 5.92 Å². The third kappa shape index (κ3) is 3.71. The standard InChI is InChI=1S/C22H27NO2/c1-3-5-15-23(16-6-4-2)22(24)21-17-11-7-9-13-19(17)25-20-14-10-8-12-18(20)21/h7-14,21H,3-6,15-16H2,1-2H3. The Morgan fingerprint density at radius 1 is 0.880 bits per heavy atom. The molecule has 0 saturated carbocycles. The number of carbonyl (C=O) groups is 1. The highest BCUT2D eigenvalue weighted by molar-refractivity contribution is 5.89. The predicted octanol–water partition coefficient (Wildman–Crippen LogP) is 5.35. The SMILES string of the molecule is CCCCN(CCCC)C(=O)C1c2ccccc2Oc2ccccc21. The molecular formula is C22H27NO2. The van der Waals surface area contributed by atoms with E-state index in [2.05, 4.69) is 18.7 Å². The summed E-state index contributed by atoms with van der Waals surface area (Å²) in [5.74, 6) is 1.52. The van der Waals surface area contributed by atoms with Crippen molar-refractivity contribution in [2.24, 2.45) is 0 Å². The lowest BCUT2D eigenvalue weighted by atomic mass is 9.86. The minimum absolute atomic E-state index is 0.199. The highest BCUT2D eigenvalue weighted by Gasteiger charge is 2.34. The van der Waals surface area contributed by atoms with Crippen molar-refractivity contribution >= 4 is 5.91 Å². The zero-order valence-electron chi connectivity index (χ0n) is 15.2. The molecule has 1 aliphatic heterocycles. The van der Waals surface area contributed by atoms with E-state index in [1.165, 1.54) is 0 Å². The molecule has 0 saturated heterocycles. The van der Waals surface area contributed by atoms with E-state index in [9.17, 15) is 4.79 Å². The number of rotatable bonds is 7. The van der Waals surface area contributed by atoms with Crippen LogP contribution < -0.4 is 4.74 Å². The van der Waals surface area contributed by atoms with Crippen LogP contribution in [0.3, 0.4) is 0 Å². The second-order valence-corrected chi connectivity index (χ2v) is 6.64. The van der Waals surface area contributed by atoms with E-state index < -0.39 is 0 Å². The molecule has 0 aliphatic carbocycles. The Morgan fingerprint density at radius 3 is 1.84 bits per heavy atom. The topological polar surface area (TPSA) is 29.5 Å². The number of carbonyl (C=O) groups excluding carboxylic acids is 1. The van der Waals surface area contributed by atoms with Gasteiger partial charge in [0.2, 0.25) is 5.91 Å². The van der Waals surface area contributed by atoms with Crippen LogP contribution in [0, 0.1) is 0 Å². The van der Waals surface area contributed by atoms with Gasteiger partial charge in [-0.05, 0) is 25.0 Å². The van der Waals surface area contributed by atoms with Gasteiger partial charge in [0, 0.05) is 24.2 Å². The highest BCUT2D eigenvalue weighted by Crippen LogP contribution is 2.44. The lowest BCUT2D eigenvalue weighted by Gasteiger charge is -2.32. The summed E-state index contributed by atoms with van der Waals surface area (Å²) in [6.07, 6.45) is 4.28. The molecule has 3 rings (SSSR count). The Kier molecular flexibility index (Phi) is 5.75. The van der Waals surface area contributed by atoms with E-state index in [4.69, 9.17) is 4.74 Å². The molecule has 132 valence electrons. The Morgan fingerprint density at radius 2 is 1.36 bits per heavy atom. The van der Waals surface area contributed by atoms with Crippen LogP contribution in [0.15, 0.2) is 48.5 Å². The Hall–Kier alpha value is -2.29. The zero-order valence-corrected chi connectivity index (χ0v) is 15.2. The van der Waals surface area contributed by atoms with E-state index in [0.717, 1.165) is 61.4 Å². The highest BCUT2D eigenvalue weighted by atomic mass is 16.5. The van der Waals surface area contributed by atoms with Gasteiger partial charge in [0.15, 0.2) is 0 Å². The van der Waals surface area contributed by atoms with Crippen molar-refractivity contribution in [3.63, 3.8) is 0 Å². The van der Waals surface area contributed by atoms with Gasteiger partial charge in [-0.15, -0.1) is 0 Å². The first-order valence-electron chi connectivity index (χ1n) is 9.40. The number of ether oxygens (including phenoxy) is 1. The van der Waals surface area contributed by atoms with Crippen LogP contribution in [0.1, 0.15) is 56.6 Å². The summed E-state index contributed by atoms with van der Waals surface area (Å²) >= 11 is 0. The lowest BCUT2D eigenvalue weighted by Crippen LogP contribution is -2.38. The zero-order chi connectivity index (χ0) is 17.6. The van der Waals surface area contributed by atoms with Crippen LogP contribution in [0.5, 0.6) is 11.5 Å². The van der Waals surface area contributed by atoms with Crippen LogP contribution in [-0.4, -0.2) is 23.9 Å². The fourth-order valence-corrected chi connectivity index (χ4v) is 3.39. The third-order valence-electron chi connectivity index (χ3n) is 4.80. The van der Waals surface area contributed by atoms with Gasteiger partial charge < -0.3 is 9.64 Å². The normalized spacial score (nSPS) is 12.9. The minimum Gasteiger partial charge on any atom is -0.457 e. The van der Waals surface area contributed by atoms with Gasteiger partial charge in [-0.1, -0.05) is 63.1 Å². The van der Waals surface area contributed by atoms with E-state index in [-0.39, 0.29) is 11.8 Å². The molecule has 25 heavy (non-hydrogen) atoms. The summed E-state index contributed by atoms with van der Waals surface area (Å²) in [6.45, 7) is 6.00. The number of unbranched alkanes of at least 4 members (excludes halogenated alkanes) is 2. The summed E-state index contributed by atoms with van der Waals surface area (Å²) in [5.41, 5.74) is 1.95. The number of fused-ring (bicyclic) bond motifs is 2. The van der Waals surface area contributed by atoms with Gasteiger partial charge in [-0.25, -0.2) is 0 Å². The van der Waals surface area contributed by atoms with Crippen molar-refractivity contribution in [1.29, 1.82) is 0 Å². The molecule has 1 aliphatic rings. The molecule has 0 N–H and O–H groups in total. The Bertz CT molecular complexity index is 672. The molecule has 0 aromatic heterocycles. The van der Waals surface area contributed by atoms with Crippen molar-refractivity contribution in [2.75, 3.05) is 13.1 Å². The summed E-state index contributed by atoms with van der Waals surface area (Å²) in [4.78, 5) is 15.6. The second kappa shape index (κ2) is 8.19. The fourth-order valence-electron chi connectivity index (χ4n) is 3.39. The number of hydrogen-bond acceptors (Lipinski definition) is 2. The molecule has 0 bridgehead atoms. The smallest absolute Gasteiger partial charge is 0.234 e. The van der Waals surface area contributed by atoms with Gasteiger partial charge in [0.1, 0.15) is 11.5 Å². The summed E-state index contributed by atoms with van der Waals surface area (Å²) < 4.78 is 6.03. The fraction of sp³-hybridized carbons (Fsp3) is 0.409. The molecule has 0 fully saturated rings. The lowest BCUT2D eigenvalue weighted by molar-refractivity contribution is -0.132. The molecule has 3 heteroatoms. The molecule has 0 radical (unpaired) electrons. The molecule has 0 spiro atoms. The van der Waals surface area contributed by atoms with Crippen molar-refractivity contribution in [3.05, 3.63) is 59.7 Å². The molecular weight excluding hydrogens is 310 g/mol. The second-order valence-electron chi connectivity index (χ2n) is 6.64. The van der Waals surface area contributed by atoms with E-state index in [0.29, 0.717) is 0 Å². The average Bonchev–Trinajstić information content (AvgIpc) is 2.65. The third-order valence-corrected chi connectivity index (χ3v) is 4.80. The monoisotopic (exact) mass is 337 g/mol. The number of benzene rings is 2. The molecule has 0 unspecified atom stereocenters. The quantitative estimate of drug-likeness (QED) is 0.681. The van der Waals surface area contributed by atoms with Crippen molar-refractivity contribution in [2.45, 2.75) is 45.4 Å². The Balaban J connectivity index is 1.97. The van der Waals surface area contributed by atoms with E-state index in [1.54, 1.807) is 0 Å². The van der Waals surface area contributed by atoms with E-state index >= 15 is 0 Å². The maximum atomic E-state index is 13.5. The largest absolute Gasteiger partial charge is 0.457 e. The van der Waals surface area contributed by atoms with Crippen LogP contribution in [-0.2, 0) is 4.79 Å². The predicted molar refractivity (Wildman–Crippen MR) is 101 cm³/mol. The molecule has 1 amide bonds. The van der Waals surface area contributed by atoms with Gasteiger partial charge in [-0.2, -0.15) is 0 Å².